The average Bonchev–Trinajstić information content (AvgIpc) is 3.01. The molecule has 5 heteroatoms. The summed E-state index contributed by atoms with van der Waals surface area (Å²) >= 11 is 0. The summed E-state index contributed by atoms with van der Waals surface area (Å²) in [6, 6.07) is 15.1. The standard InChI is InChI=1S/C18H14N2O3/c1-11-6-2-4-8-14(11)19-18(21)16-13-10-22-15-9-5-3-7-12(15)17(13)23-20-16/h2-9H,10H2,1H3,(H,19,21). The molecule has 1 amide bonds. The van der Waals surface area contributed by atoms with E-state index in [-0.39, 0.29) is 18.2 Å². The van der Waals surface area contributed by atoms with Crippen LogP contribution in [0.4, 0.5) is 5.69 Å². The van der Waals surface area contributed by atoms with Gasteiger partial charge in [-0.1, -0.05) is 35.5 Å². The highest BCUT2D eigenvalue weighted by molar-refractivity contribution is 6.05. The van der Waals surface area contributed by atoms with E-state index in [1.54, 1.807) is 0 Å². The number of nitrogens with zero attached hydrogens (tertiary/aromatic N) is 1. The van der Waals surface area contributed by atoms with Crippen molar-refractivity contribution in [2.24, 2.45) is 0 Å². The second-order valence-corrected chi connectivity index (χ2v) is 5.39. The molecule has 0 saturated heterocycles. The van der Waals surface area contributed by atoms with Crippen LogP contribution in [0, 0.1) is 6.92 Å². The molecule has 0 bridgehead atoms. The Labute approximate surface area is 132 Å². The number of ether oxygens (including phenoxy) is 1. The summed E-state index contributed by atoms with van der Waals surface area (Å²) < 4.78 is 11.1. The number of carbonyl (C=O) groups excluding carboxylic acids is 1. The SMILES string of the molecule is Cc1ccccc1NC(=O)c1noc2c1COc1ccccc1-2. The maximum absolute atomic E-state index is 12.5. The van der Waals surface area contributed by atoms with E-state index in [1.807, 2.05) is 55.5 Å². The Hall–Kier alpha value is -3.08. The Balaban J connectivity index is 1.69. The monoisotopic (exact) mass is 306 g/mol. The molecule has 4 rings (SSSR count). The number of hydrogen-bond donors (Lipinski definition) is 1. The highest BCUT2D eigenvalue weighted by Gasteiger charge is 2.28. The third-order valence-corrected chi connectivity index (χ3v) is 3.90. The van der Waals surface area contributed by atoms with Gasteiger partial charge in [-0.15, -0.1) is 0 Å². The molecule has 5 nitrogen and oxygen atoms in total. The molecular weight excluding hydrogens is 292 g/mol. The van der Waals surface area contributed by atoms with Gasteiger partial charge in [0.25, 0.3) is 5.91 Å². The molecule has 0 saturated carbocycles. The number of aromatic nitrogens is 1. The summed E-state index contributed by atoms with van der Waals surface area (Å²) in [5, 5.41) is 6.83. The molecule has 2 aromatic carbocycles. The highest BCUT2D eigenvalue weighted by Crippen LogP contribution is 2.38. The summed E-state index contributed by atoms with van der Waals surface area (Å²) in [7, 11) is 0. The number of rotatable bonds is 2. The van der Waals surface area contributed by atoms with Crippen LogP contribution in [-0.4, -0.2) is 11.1 Å². The van der Waals surface area contributed by atoms with Gasteiger partial charge in [0.15, 0.2) is 11.5 Å². The van der Waals surface area contributed by atoms with Gasteiger partial charge in [0, 0.05) is 5.69 Å². The van der Waals surface area contributed by atoms with Crippen LogP contribution in [0.1, 0.15) is 21.6 Å². The largest absolute Gasteiger partial charge is 0.488 e. The van der Waals surface area contributed by atoms with Crippen LogP contribution < -0.4 is 10.1 Å². The molecular formula is C18H14N2O3. The number of anilines is 1. The maximum Gasteiger partial charge on any atom is 0.278 e. The zero-order chi connectivity index (χ0) is 15.8. The first kappa shape index (κ1) is 13.6. The van der Waals surface area contributed by atoms with Crippen molar-refractivity contribution < 1.29 is 14.1 Å². The summed E-state index contributed by atoms with van der Waals surface area (Å²) in [6.45, 7) is 2.21. The van der Waals surface area contributed by atoms with Crippen molar-refractivity contribution in [3.63, 3.8) is 0 Å². The van der Waals surface area contributed by atoms with E-state index in [0.717, 1.165) is 22.6 Å². The molecule has 0 fully saturated rings. The first-order chi connectivity index (χ1) is 11.2. The third-order valence-electron chi connectivity index (χ3n) is 3.90. The van der Waals surface area contributed by atoms with Gasteiger partial charge in [-0.25, -0.2) is 0 Å². The van der Waals surface area contributed by atoms with Crippen LogP contribution in [0.15, 0.2) is 53.1 Å². The molecule has 0 spiro atoms. The summed E-state index contributed by atoms with van der Waals surface area (Å²) in [5.74, 6) is 1.04. The minimum Gasteiger partial charge on any atom is -0.488 e. The van der Waals surface area contributed by atoms with Crippen molar-refractivity contribution in [3.05, 3.63) is 65.4 Å². The quantitative estimate of drug-likeness (QED) is 0.782. The van der Waals surface area contributed by atoms with Gasteiger partial charge in [0.2, 0.25) is 0 Å². The van der Waals surface area contributed by atoms with Gasteiger partial charge in [-0.2, -0.15) is 0 Å². The molecule has 0 atom stereocenters. The van der Waals surface area contributed by atoms with Crippen LogP contribution >= 0.6 is 0 Å². The van der Waals surface area contributed by atoms with Crippen molar-refractivity contribution in [2.45, 2.75) is 13.5 Å². The lowest BCUT2D eigenvalue weighted by molar-refractivity contribution is 0.101. The van der Waals surface area contributed by atoms with E-state index in [9.17, 15) is 4.79 Å². The maximum atomic E-state index is 12.5. The Morgan fingerprint density at radius 1 is 1.13 bits per heavy atom. The number of fused-ring (bicyclic) bond motifs is 3. The summed E-state index contributed by atoms with van der Waals surface area (Å²) in [4.78, 5) is 12.5. The Morgan fingerprint density at radius 2 is 1.91 bits per heavy atom. The number of hydrogen-bond acceptors (Lipinski definition) is 4. The second-order valence-electron chi connectivity index (χ2n) is 5.39. The number of aryl methyl sites for hydroxylation is 1. The zero-order valence-corrected chi connectivity index (χ0v) is 12.5. The van der Waals surface area contributed by atoms with E-state index in [2.05, 4.69) is 10.5 Å². The van der Waals surface area contributed by atoms with Crippen LogP contribution in [-0.2, 0) is 6.61 Å². The fourth-order valence-electron chi connectivity index (χ4n) is 2.66. The zero-order valence-electron chi connectivity index (χ0n) is 12.5. The number of para-hydroxylation sites is 2. The fraction of sp³-hybridized carbons (Fsp3) is 0.111. The van der Waals surface area contributed by atoms with Gasteiger partial charge in [0.05, 0.1) is 11.1 Å². The van der Waals surface area contributed by atoms with E-state index in [4.69, 9.17) is 9.26 Å². The molecule has 0 aliphatic carbocycles. The first-order valence-corrected chi connectivity index (χ1v) is 7.32. The minimum atomic E-state index is -0.299. The van der Waals surface area contributed by atoms with Gasteiger partial charge >= 0.3 is 0 Å². The van der Waals surface area contributed by atoms with Crippen LogP contribution in [0.3, 0.4) is 0 Å². The molecule has 0 radical (unpaired) electrons. The van der Waals surface area contributed by atoms with E-state index >= 15 is 0 Å². The minimum absolute atomic E-state index is 0.262. The molecule has 2 heterocycles. The molecule has 23 heavy (non-hydrogen) atoms. The highest BCUT2D eigenvalue weighted by atomic mass is 16.5. The van der Waals surface area contributed by atoms with Crippen LogP contribution in [0.2, 0.25) is 0 Å². The lowest BCUT2D eigenvalue weighted by Gasteiger charge is -2.16. The molecule has 1 aromatic heterocycles. The Morgan fingerprint density at radius 3 is 2.78 bits per heavy atom. The molecule has 114 valence electrons. The Bertz CT molecular complexity index is 899. The first-order valence-electron chi connectivity index (χ1n) is 7.32. The van der Waals surface area contributed by atoms with E-state index < -0.39 is 0 Å². The van der Waals surface area contributed by atoms with Gasteiger partial charge in [0.1, 0.15) is 12.4 Å². The third kappa shape index (κ3) is 2.26. The van der Waals surface area contributed by atoms with E-state index in [1.165, 1.54) is 0 Å². The summed E-state index contributed by atoms with van der Waals surface area (Å²) in [5.41, 5.74) is 3.50. The van der Waals surface area contributed by atoms with Crippen molar-refractivity contribution in [3.8, 4) is 17.1 Å². The van der Waals surface area contributed by atoms with Gasteiger partial charge < -0.3 is 14.6 Å². The number of amides is 1. The van der Waals surface area contributed by atoms with Crippen molar-refractivity contribution in [1.29, 1.82) is 0 Å². The van der Waals surface area contributed by atoms with Gasteiger partial charge in [-0.05, 0) is 30.7 Å². The molecule has 1 aliphatic heterocycles. The number of benzene rings is 2. The number of nitrogens with one attached hydrogen (secondary N) is 1. The van der Waals surface area contributed by atoms with Gasteiger partial charge in [-0.3, -0.25) is 4.79 Å². The fourth-order valence-corrected chi connectivity index (χ4v) is 2.66. The van der Waals surface area contributed by atoms with Crippen LogP contribution in [0.5, 0.6) is 5.75 Å². The number of carbonyl (C=O) groups is 1. The summed E-state index contributed by atoms with van der Waals surface area (Å²) in [6.07, 6.45) is 0. The smallest absolute Gasteiger partial charge is 0.278 e. The lowest BCUT2D eigenvalue weighted by Crippen LogP contribution is -2.16. The topological polar surface area (TPSA) is 64.4 Å². The lowest BCUT2D eigenvalue weighted by atomic mass is 10.0. The van der Waals surface area contributed by atoms with Crippen molar-refractivity contribution in [1.82, 2.24) is 5.16 Å². The average molecular weight is 306 g/mol. The van der Waals surface area contributed by atoms with Crippen LogP contribution in [0.25, 0.3) is 11.3 Å². The predicted octanol–water partition coefficient (Wildman–Crippen LogP) is 3.79. The normalized spacial score (nSPS) is 12.0. The second kappa shape index (κ2) is 5.28. The predicted molar refractivity (Wildman–Crippen MR) is 85.4 cm³/mol. The van der Waals surface area contributed by atoms with Crippen molar-refractivity contribution >= 4 is 11.6 Å². The molecule has 3 aromatic rings. The van der Waals surface area contributed by atoms with Crippen molar-refractivity contribution in [2.75, 3.05) is 5.32 Å². The Kier molecular flexibility index (Phi) is 3.12. The molecule has 1 aliphatic rings. The van der Waals surface area contributed by atoms with E-state index in [0.29, 0.717) is 11.3 Å². The molecule has 0 unspecified atom stereocenters. The molecule has 1 N–H and O–H groups in total.